The molecule has 11 heteroatoms. The van der Waals surface area contributed by atoms with Crippen molar-refractivity contribution in [3.8, 4) is 17.0 Å². The number of carbonyl (C=O) groups is 1. The van der Waals surface area contributed by atoms with Crippen LogP contribution in [0.15, 0.2) is 76.3 Å². The maximum atomic E-state index is 12.8. The van der Waals surface area contributed by atoms with Gasteiger partial charge in [-0.15, -0.1) is 0 Å². The van der Waals surface area contributed by atoms with E-state index in [2.05, 4.69) is 41.5 Å². The van der Waals surface area contributed by atoms with Crippen LogP contribution in [0.2, 0.25) is 0 Å². The second-order valence-electron chi connectivity index (χ2n) is 7.47. The van der Waals surface area contributed by atoms with Gasteiger partial charge in [0.05, 0.1) is 33.1 Å². The Hall–Kier alpha value is -3.86. The van der Waals surface area contributed by atoms with E-state index in [1.807, 2.05) is 0 Å². The van der Waals surface area contributed by atoms with Crippen molar-refractivity contribution in [3.63, 3.8) is 0 Å². The van der Waals surface area contributed by atoms with Crippen LogP contribution in [0.1, 0.15) is 5.56 Å². The zero-order valence-electron chi connectivity index (χ0n) is 18.0. The van der Waals surface area contributed by atoms with E-state index in [1.165, 1.54) is 12.1 Å². The lowest BCUT2D eigenvalue weighted by Gasteiger charge is -2.10. The van der Waals surface area contributed by atoms with Gasteiger partial charge in [0, 0.05) is 24.0 Å². The Morgan fingerprint density at radius 1 is 1.11 bits per heavy atom. The number of nitrogens with zero attached hydrogens (tertiary/aromatic N) is 2. The normalized spacial score (nSPS) is 12.1. The van der Waals surface area contributed by atoms with Crippen LogP contribution in [-0.2, 0) is 6.18 Å². The molecule has 0 aliphatic rings. The predicted octanol–water partition coefficient (Wildman–Crippen LogP) is 5.44. The summed E-state index contributed by atoms with van der Waals surface area (Å²) in [6, 6.07) is 14.1. The average Bonchev–Trinajstić information content (AvgIpc) is 3.04. The highest BCUT2D eigenvalue weighted by Crippen LogP contribution is 2.31. The van der Waals surface area contributed by atoms with Gasteiger partial charge in [0.15, 0.2) is 0 Å². The van der Waals surface area contributed by atoms with Gasteiger partial charge in [-0.25, -0.2) is 9.78 Å². The van der Waals surface area contributed by atoms with Crippen LogP contribution in [0.4, 0.5) is 23.7 Å². The SMILES string of the molecule is O=C(NCCN=c1cc(-c2ccccc2O)nc2c(Br)c[nH]c2c1)Nc1cccc(C(F)(F)F)c1. The topological polar surface area (TPSA) is 102 Å². The number of hydrogen-bond acceptors (Lipinski definition) is 4. The third-order valence-electron chi connectivity index (χ3n) is 4.96. The molecule has 0 saturated heterocycles. The smallest absolute Gasteiger partial charge is 0.416 e. The number of anilines is 1. The summed E-state index contributed by atoms with van der Waals surface area (Å²) in [7, 11) is 0. The van der Waals surface area contributed by atoms with Crippen molar-refractivity contribution in [2.75, 3.05) is 18.4 Å². The molecule has 0 radical (unpaired) electrons. The largest absolute Gasteiger partial charge is 0.507 e. The molecule has 0 aliphatic carbocycles. The fourth-order valence-corrected chi connectivity index (χ4v) is 3.75. The first-order valence-electron chi connectivity index (χ1n) is 10.4. The molecule has 7 nitrogen and oxygen atoms in total. The van der Waals surface area contributed by atoms with Crippen molar-refractivity contribution in [2.45, 2.75) is 6.18 Å². The molecule has 0 bridgehead atoms. The van der Waals surface area contributed by atoms with E-state index in [0.29, 0.717) is 27.6 Å². The Balaban J connectivity index is 1.50. The monoisotopic (exact) mass is 545 g/mol. The standard InChI is InChI=1S/C24H19BrF3N5O2/c25-18-13-31-20-12-16(11-19(33-22(18)20)17-6-1-2-7-21(17)34)29-8-9-30-23(35)32-15-5-3-4-14(10-15)24(26,27)28/h1-7,10-13,31,34H,8-9H2,(H2,30,32,35). The number of H-pyrrole nitrogens is 1. The summed E-state index contributed by atoms with van der Waals surface area (Å²) < 4.78 is 39.3. The molecular weight excluding hydrogens is 527 g/mol. The summed E-state index contributed by atoms with van der Waals surface area (Å²) in [4.78, 5) is 24.4. The van der Waals surface area contributed by atoms with E-state index in [1.54, 1.807) is 42.6 Å². The lowest BCUT2D eigenvalue weighted by Crippen LogP contribution is -2.31. The summed E-state index contributed by atoms with van der Waals surface area (Å²) in [5.41, 5.74) is 1.59. The number of para-hydroxylation sites is 1. The fraction of sp³-hybridized carbons (Fsp3) is 0.125. The first-order chi connectivity index (χ1) is 16.7. The number of carbonyl (C=O) groups excluding carboxylic acids is 1. The number of halogens is 4. The number of alkyl halides is 3. The number of hydrogen-bond donors (Lipinski definition) is 4. The van der Waals surface area contributed by atoms with Gasteiger partial charge in [0.1, 0.15) is 11.3 Å². The first-order valence-corrected chi connectivity index (χ1v) is 11.2. The van der Waals surface area contributed by atoms with E-state index in [9.17, 15) is 23.1 Å². The maximum absolute atomic E-state index is 12.8. The number of nitrogens with one attached hydrogen (secondary N) is 3. The molecule has 0 spiro atoms. The van der Waals surface area contributed by atoms with Gasteiger partial charge in [-0.05, 0) is 58.4 Å². The Kier molecular flexibility index (Phi) is 7.06. The van der Waals surface area contributed by atoms with E-state index in [-0.39, 0.29) is 24.5 Å². The molecule has 180 valence electrons. The minimum Gasteiger partial charge on any atom is -0.507 e. The van der Waals surface area contributed by atoms with Gasteiger partial charge in [-0.3, -0.25) is 4.99 Å². The maximum Gasteiger partial charge on any atom is 0.416 e. The van der Waals surface area contributed by atoms with Crippen molar-refractivity contribution >= 4 is 38.7 Å². The number of phenolic OH excluding ortho intramolecular Hbond substituents is 1. The van der Waals surface area contributed by atoms with Crippen molar-refractivity contribution < 1.29 is 23.1 Å². The molecule has 4 aromatic rings. The second kappa shape index (κ2) is 10.2. The number of aromatic hydroxyl groups is 1. The molecule has 2 heterocycles. The van der Waals surface area contributed by atoms with Crippen LogP contribution < -0.4 is 16.0 Å². The Bertz CT molecular complexity index is 1450. The van der Waals surface area contributed by atoms with Crippen molar-refractivity contribution in [1.82, 2.24) is 15.3 Å². The zero-order chi connectivity index (χ0) is 25.0. The highest BCUT2D eigenvalue weighted by atomic mass is 79.9. The Labute approximate surface area is 205 Å². The van der Waals surface area contributed by atoms with Crippen LogP contribution in [0.3, 0.4) is 0 Å². The number of rotatable bonds is 5. The van der Waals surface area contributed by atoms with E-state index < -0.39 is 17.8 Å². The van der Waals surface area contributed by atoms with Gasteiger partial charge in [0.25, 0.3) is 0 Å². The van der Waals surface area contributed by atoms with Gasteiger partial charge in [-0.2, -0.15) is 13.2 Å². The molecule has 4 rings (SSSR count). The number of fused-ring (bicyclic) bond motifs is 1. The first kappa shape index (κ1) is 24.3. The zero-order valence-corrected chi connectivity index (χ0v) is 19.6. The molecule has 35 heavy (non-hydrogen) atoms. The fourth-order valence-electron chi connectivity index (χ4n) is 3.33. The molecule has 4 N–H and O–H groups in total. The van der Waals surface area contributed by atoms with E-state index in [4.69, 9.17) is 0 Å². The quantitative estimate of drug-likeness (QED) is 0.251. The summed E-state index contributed by atoms with van der Waals surface area (Å²) in [5.74, 6) is 0.0740. The molecule has 0 saturated carbocycles. The van der Waals surface area contributed by atoms with Gasteiger partial charge in [0.2, 0.25) is 0 Å². The summed E-state index contributed by atoms with van der Waals surface area (Å²) in [6.07, 6.45) is -2.75. The van der Waals surface area contributed by atoms with Crippen LogP contribution in [0.25, 0.3) is 22.3 Å². The number of aromatic nitrogens is 2. The highest BCUT2D eigenvalue weighted by molar-refractivity contribution is 9.10. The predicted molar refractivity (Wildman–Crippen MR) is 130 cm³/mol. The number of benzene rings is 2. The Morgan fingerprint density at radius 3 is 2.69 bits per heavy atom. The minimum atomic E-state index is -4.50. The minimum absolute atomic E-state index is 0.0300. The van der Waals surface area contributed by atoms with Crippen molar-refractivity contribution in [3.05, 3.63) is 82.3 Å². The molecule has 0 aliphatic heterocycles. The summed E-state index contributed by atoms with van der Waals surface area (Å²) in [6.45, 7) is 0.337. The molecule has 0 atom stereocenters. The molecule has 2 amide bonds. The van der Waals surface area contributed by atoms with E-state index in [0.717, 1.165) is 16.6 Å². The van der Waals surface area contributed by atoms with Gasteiger partial charge >= 0.3 is 12.2 Å². The van der Waals surface area contributed by atoms with Crippen LogP contribution in [-0.4, -0.2) is 34.2 Å². The highest BCUT2D eigenvalue weighted by Gasteiger charge is 2.30. The molecular formula is C24H19BrF3N5O2. The summed E-state index contributed by atoms with van der Waals surface area (Å²) >= 11 is 3.46. The number of phenols is 1. The molecule has 2 aromatic heterocycles. The number of urea groups is 1. The molecule has 2 aromatic carbocycles. The second-order valence-corrected chi connectivity index (χ2v) is 8.32. The van der Waals surface area contributed by atoms with Crippen molar-refractivity contribution in [1.29, 1.82) is 0 Å². The molecule has 0 unspecified atom stereocenters. The van der Waals surface area contributed by atoms with Crippen LogP contribution >= 0.6 is 15.9 Å². The van der Waals surface area contributed by atoms with Gasteiger partial charge in [-0.1, -0.05) is 18.2 Å². The third-order valence-corrected chi connectivity index (χ3v) is 5.57. The number of aromatic amines is 1. The Morgan fingerprint density at radius 2 is 1.91 bits per heavy atom. The average molecular weight is 546 g/mol. The summed E-state index contributed by atoms with van der Waals surface area (Å²) in [5, 5.41) is 15.8. The van der Waals surface area contributed by atoms with Gasteiger partial charge < -0.3 is 20.7 Å². The van der Waals surface area contributed by atoms with Crippen LogP contribution in [0.5, 0.6) is 5.75 Å². The lowest BCUT2D eigenvalue weighted by molar-refractivity contribution is -0.137. The van der Waals surface area contributed by atoms with E-state index >= 15 is 0 Å². The lowest BCUT2D eigenvalue weighted by atomic mass is 10.1. The molecule has 0 fully saturated rings. The van der Waals surface area contributed by atoms with Crippen LogP contribution in [0, 0.1) is 0 Å². The number of amides is 2. The third kappa shape index (κ3) is 5.99. The van der Waals surface area contributed by atoms with Crippen molar-refractivity contribution in [2.24, 2.45) is 4.99 Å².